The zero-order chi connectivity index (χ0) is 63.3. The Labute approximate surface area is 506 Å². The highest BCUT2D eigenvalue weighted by Crippen LogP contribution is 2.20. The number of rotatable bonds is 38. The molecule has 1 aromatic heterocycles. The second kappa shape index (κ2) is 35.9. The number of hydrogen-bond acceptors (Lipinski definition) is 16. The maximum absolute atomic E-state index is 14.7. The molecule has 33 heteroatoms. The molecule has 0 unspecified atom stereocenters. The summed E-state index contributed by atoms with van der Waals surface area (Å²) in [4.78, 5) is 165. The number of primary amides is 1. The Kier molecular flexibility index (Phi) is 28.9. The number of urea groups is 1. The monoisotopic (exact) mass is 1240 g/mol. The summed E-state index contributed by atoms with van der Waals surface area (Å²) in [6, 6.07) is 3.57. The lowest BCUT2D eigenvalue weighted by Gasteiger charge is -2.28. The number of para-hydroxylation sites is 1. The van der Waals surface area contributed by atoms with Crippen LogP contribution >= 0.6 is 25.3 Å². The fraction of sp³-hybridized carbons (Fsp3) is 0.472. The number of nitrogens with two attached hydrogens (primary N) is 5. The molecule has 86 heavy (non-hydrogen) atoms. The van der Waals surface area contributed by atoms with Gasteiger partial charge in [-0.2, -0.15) is 25.3 Å². The van der Waals surface area contributed by atoms with E-state index in [2.05, 4.69) is 93.1 Å². The molecule has 1 aliphatic heterocycles. The van der Waals surface area contributed by atoms with Gasteiger partial charge in [0.25, 0.3) is 5.91 Å². The van der Waals surface area contributed by atoms with Crippen LogP contribution in [0.15, 0.2) is 75.8 Å². The molecule has 3 aromatic rings. The lowest BCUT2D eigenvalue weighted by molar-refractivity contribution is -0.138. The number of hydrogen-bond donors (Lipinski definition) is 18. The average Bonchev–Trinajstić information content (AvgIpc) is 4.21. The number of nitrogens with zero attached hydrogens (tertiary/aromatic N) is 4. The minimum absolute atomic E-state index is 0.00950. The van der Waals surface area contributed by atoms with Crippen molar-refractivity contribution in [2.24, 2.45) is 43.6 Å². The molecule has 0 spiro atoms. The number of imide groups is 1. The van der Waals surface area contributed by atoms with Gasteiger partial charge in [-0.05, 0) is 62.6 Å². The van der Waals surface area contributed by atoms with Crippen molar-refractivity contribution < 1.29 is 57.8 Å². The predicted molar refractivity (Wildman–Crippen MR) is 325 cm³/mol. The molecule has 31 nitrogen and oxygen atoms in total. The molecule has 0 saturated carbocycles. The SMILES string of the molecule is CCNC=NCC[C@H](NC(=O)[C@H](CCC(=O)O)NC(=O)[C@H](CS)NC(=O)CN1C(=O)N[C@@H](CCCN=C(N)N)C1=O)C(=O)N[C@H](Cc1ccccc1)C(=O)N[C@@H](CCCN=C(N)N)C(=O)N[C@@H](Cc1c[nH]c2ccccc12)C(=O)N[C@@H](CS)C(N)=O. The van der Waals surface area contributed by atoms with Crippen molar-refractivity contribution in [1.82, 2.24) is 57.7 Å². The quantitative estimate of drug-likeness (QED) is 0.00847. The minimum atomic E-state index is -1.67. The second-order valence-corrected chi connectivity index (χ2v) is 20.4. The molecule has 0 aliphatic carbocycles. The fourth-order valence-corrected chi connectivity index (χ4v) is 9.16. The van der Waals surface area contributed by atoms with Gasteiger partial charge in [-0.3, -0.25) is 67.8 Å². The number of carboxylic acid groups (broad SMARTS) is 1. The van der Waals surface area contributed by atoms with Crippen LogP contribution in [0.3, 0.4) is 0 Å². The van der Waals surface area contributed by atoms with E-state index in [-0.39, 0.29) is 81.6 Å². The highest BCUT2D eigenvalue weighted by atomic mass is 32.1. The molecule has 1 fully saturated rings. The van der Waals surface area contributed by atoms with Crippen molar-refractivity contribution in [3.63, 3.8) is 0 Å². The Morgan fingerprint density at radius 3 is 1.74 bits per heavy atom. The molecule has 1 aliphatic rings. The van der Waals surface area contributed by atoms with Crippen LogP contribution in [0.5, 0.6) is 0 Å². The fourth-order valence-electron chi connectivity index (χ4n) is 8.63. The Morgan fingerprint density at radius 1 is 0.640 bits per heavy atom. The van der Waals surface area contributed by atoms with Gasteiger partial charge in [-0.1, -0.05) is 48.5 Å². The van der Waals surface area contributed by atoms with Crippen molar-refractivity contribution in [3.05, 3.63) is 71.9 Å². The Bertz CT molecular complexity index is 2940. The highest BCUT2D eigenvalue weighted by Gasteiger charge is 2.40. The molecular weight excluding hydrogens is 1160 g/mol. The third-order valence-corrected chi connectivity index (χ3v) is 13.8. The lowest BCUT2D eigenvalue weighted by Crippen LogP contribution is -2.60. The number of thiol groups is 2. The van der Waals surface area contributed by atoms with Gasteiger partial charge in [0.2, 0.25) is 47.3 Å². The van der Waals surface area contributed by atoms with Crippen molar-refractivity contribution in [3.8, 4) is 0 Å². The van der Waals surface area contributed by atoms with Gasteiger partial charge in [0.05, 0.1) is 6.34 Å². The molecule has 11 amide bonds. The number of carbonyl (C=O) groups is 11. The molecular formula is C53H77N19O12S2. The minimum Gasteiger partial charge on any atom is -0.481 e. The average molecular weight is 1240 g/mol. The van der Waals surface area contributed by atoms with E-state index < -0.39 is 133 Å². The first-order valence-corrected chi connectivity index (χ1v) is 28.7. The van der Waals surface area contributed by atoms with E-state index in [1.807, 2.05) is 19.1 Å². The first-order valence-electron chi connectivity index (χ1n) is 27.4. The number of fused-ring (bicyclic) bond motifs is 1. The number of aliphatic imine (C=N–C) groups is 3. The van der Waals surface area contributed by atoms with Crippen molar-refractivity contribution >= 4 is 120 Å². The summed E-state index contributed by atoms with van der Waals surface area (Å²) in [5.41, 5.74) is 29.2. The van der Waals surface area contributed by atoms with E-state index in [4.69, 9.17) is 28.7 Å². The van der Waals surface area contributed by atoms with Gasteiger partial charge >= 0.3 is 12.0 Å². The maximum atomic E-state index is 14.7. The summed E-state index contributed by atoms with van der Waals surface area (Å²) in [5.74, 6) is -10.5. The Morgan fingerprint density at radius 2 is 1.16 bits per heavy atom. The number of H-pyrrole nitrogens is 1. The Balaban J connectivity index is 1.61. The van der Waals surface area contributed by atoms with Crippen LogP contribution in [-0.4, -0.2) is 191 Å². The number of benzene rings is 2. The normalized spacial score (nSPS) is 15.3. The van der Waals surface area contributed by atoms with Crippen LogP contribution in [-0.2, 0) is 60.8 Å². The van der Waals surface area contributed by atoms with Gasteiger partial charge in [-0.15, -0.1) is 0 Å². The van der Waals surface area contributed by atoms with Gasteiger partial charge in [0.15, 0.2) is 11.9 Å². The van der Waals surface area contributed by atoms with E-state index in [1.165, 1.54) is 6.34 Å². The third kappa shape index (κ3) is 23.1. The third-order valence-electron chi connectivity index (χ3n) is 13.1. The number of amides is 11. The predicted octanol–water partition coefficient (Wildman–Crippen LogP) is -4.39. The smallest absolute Gasteiger partial charge is 0.325 e. The number of aliphatic carboxylic acids is 1. The largest absolute Gasteiger partial charge is 0.481 e. The molecule has 2 aromatic carbocycles. The Hall–Kier alpha value is -9.14. The summed E-state index contributed by atoms with van der Waals surface area (Å²) in [7, 11) is 0. The van der Waals surface area contributed by atoms with E-state index in [1.54, 1.807) is 48.7 Å². The van der Waals surface area contributed by atoms with Crippen LogP contribution in [0.1, 0.15) is 63.0 Å². The van der Waals surface area contributed by atoms with Crippen LogP contribution in [0.2, 0.25) is 0 Å². The van der Waals surface area contributed by atoms with Gasteiger partial charge in [0.1, 0.15) is 54.9 Å². The standard InChI is InChI=1S/C53H77N19O12S2/c1-2-59-28-60-21-18-35(67-45(78)34(16-17-42(74)75)66-49(82)40(27-86)64-41(73)25-72-50(83)36(71-53(72)84)15-9-20-62-52(57)58)46(79)68-37(22-29-10-4-3-5-11-29)47(80)65-33(14-8-19-61-51(55)56)44(77)69-38(48(81)70-39(26-85)43(54)76)23-30-24-63-32-13-7-6-12-31(30)32/h3-7,10-13,24,28,33-40,63,85-86H,2,8-9,14-23,25-27H2,1H3,(H2,54,76)(H,59,60)(H,64,73)(H,65,80)(H,66,82)(H,67,78)(H,68,79)(H,69,77)(H,70,81)(H,71,84)(H,74,75)(H4,55,56,61)(H4,57,58,62)/t33-,34-,35-,36-,37+,38-,39-,40-/m0/s1. The van der Waals surface area contributed by atoms with Gasteiger partial charge < -0.3 is 86.6 Å². The van der Waals surface area contributed by atoms with Crippen molar-refractivity contribution in [2.45, 2.75) is 113 Å². The van der Waals surface area contributed by atoms with E-state index in [0.29, 0.717) is 29.0 Å². The summed E-state index contributed by atoms with van der Waals surface area (Å²) in [6.45, 7) is 1.58. The molecule has 0 radical (unpaired) electrons. The summed E-state index contributed by atoms with van der Waals surface area (Å²) >= 11 is 8.32. The van der Waals surface area contributed by atoms with Gasteiger partial charge in [-0.25, -0.2) is 4.79 Å². The first-order chi connectivity index (χ1) is 41.0. The molecule has 0 bridgehead atoms. The van der Waals surface area contributed by atoms with Crippen LogP contribution in [0.4, 0.5) is 4.79 Å². The van der Waals surface area contributed by atoms with Crippen molar-refractivity contribution in [2.75, 3.05) is 44.2 Å². The topological polar surface area (TPSA) is 502 Å². The van der Waals surface area contributed by atoms with Crippen molar-refractivity contribution in [1.29, 1.82) is 0 Å². The number of carbonyl (C=O) groups excluding carboxylic acids is 10. The lowest BCUT2D eigenvalue weighted by atomic mass is 10.0. The summed E-state index contributed by atoms with van der Waals surface area (Å²) < 4.78 is 0. The highest BCUT2D eigenvalue weighted by molar-refractivity contribution is 7.80. The molecule has 468 valence electrons. The van der Waals surface area contributed by atoms with Gasteiger partial charge in [0, 0.05) is 74.0 Å². The number of carboxylic acids is 1. The van der Waals surface area contributed by atoms with Crippen LogP contribution < -0.4 is 76.5 Å². The number of aromatic amines is 1. The van der Waals surface area contributed by atoms with Crippen LogP contribution in [0, 0.1) is 0 Å². The molecule has 8 atom stereocenters. The molecule has 4 rings (SSSR count). The molecule has 2 heterocycles. The van der Waals surface area contributed by atoms with Crippen LogP contribution in [0.25, 0.3) is 10.9 Å². The summed E-state index contributed by atoms with van der Waals surface area (Å²) in [6.07, 6.45) is 1.78. The summed E-state index contributed by atoms with van der Waals surface area (Å²) in [5, 5.41) is 33.7. The zero-order valence-electron chi connectivity index (χ0n) is 47.3. The van der Waals surface area contributed by atoms with E-state index in [9.17, 15) is 57.8 Å². The first kappa shape index (κ1) is 69.4. The van der Waals surface area contributed by atoms with E-state index >= 15 is 0 Å². The number of guanidine groups is 2. The molecule has 21 N–H and O–H groups in total. The molecule has 1 saturated heterocycles. The number of nitrogens with one attached hydrogen (secondary N) is 10. The second-order valence-electron chi connectivity index (χ2n) is 19.6. The van der Waals surface area contributed by atoms with E-state index in [0.717, 1.165) is 10.9 Å². The zero-order valence-corrected chi connectivity index (χ0v) is 49.1. The maximum Gasteiger partial charge on any atom is 0.325 e. The number of aromatic nitrogens is 1.